The van der Waals surface area contributed by atoms with E-state index in [1.165, 1.54) is 5.56 Å². The molecule has 4 nitrogen and oxygen atoms in total. The molecule has 5 heteroatoms. The first-order valence-corrected chi connectivity index (χ1v) is 8.00. The summed E-state index contributed by atoms with van der Waals surface area (Å²) in [6.45, 7) is 4.10. The van der Waals surface area contributed by atoms with Crippen LogP contribution in [0.4, 0.5) is 0 Å². The fourth-order valence-electron chi connectivity index (χ4n) is 2.55. The van der Waals surface area contributed by atoms with E-state index < -0.39 is 5.60 Å². The summed E-state index contributed by atoms with van der Waals surface area (Å²) >= 11 is 1.66. The van der Waals surface area contributed by atoms with Crippen LogP contribution in [0.1, 0.15) is 23.2 Å². The van der Waals surface area contributed by atoms with Crippen molar-refractivity contribution in [3.63, 3.8) is 0 Å². The molecule has 0 amide bonds. The maximum atomic E-state index is 5.80. The zero-order valence-electron chi connectivity index (χ0n) is 13.2. The molecule has 22 heavy (non-hydrogen) atoms. The van der Waals surface area contributed by atoms with Gasteiger partial charge in [-0.2, -0.15) is 0 Å². The number of ether oxygens (including phenoxy) is 1. The van der Waals surface area contributed by atoms with Gasteiger partial charge in [-0.1, -0.05) is 35.9 Å². The lowest BCUT2D eigenvalue weighted by Crippen LogP contribution is -2.28. The van der Waals surface area contributed by atoms with Gasteiger partial charge in [0.05, 0.1) is 0 Å². The Morgan fingerprint density at radius 2 is 1.86 bits per heavy atom. The highest BCUT2D eigenvalue weighted by molar-refractivity contribution is 7.10. The second kappa shape index (κ2) is 5.66. The van der Waals surface area contributed by atoms with E-state index in [1.54, 1.807) is 18.4 Å². The van der Waals surface area contributed by atoms with Gasteiger partial charge in [-0.3, -0.25) is 0 Å². The third-order valence-electron chi connectivity index (χ3n) is 4.01. The minimum Gasteiger partial charge on any atom is -0.365 e. The number of aryl methyl sites for hydroxylation is 1. The van der Waals surface area contributed by atoms with E-state index in [0.29, 0.717) is 0 Å². The van der Waals surface area contributed by atoms with Gasteiger partial charge in [0.25, 0.3) is 0 Å². The fourth-order valence-corrected chi connectivity index (χ4v) is 3.41. The molecule has 0 fully saturated rings. The average Bonchev–Trinajstić information content (AvgIpc) is 3.18. The SMILES string of the molecule is COC(C)(c1cccs1)c1nnc(-c2ccc(C)cc2)n1C. The smallest absolute Gasteiger partial charge is 0.170 e. The van der Waals surface area contributed by atoms with Gasteiger partial charge < -0.3 is 9.30 Å². The van der Waals surface area contributed by atoms with Crippen molar-refractivity contribution in [2.45, 2.75) is 19.4 Å². The molecular weight excluding hydrogens is 294 g/mol. The molecule has 1 atom stereocenters. The molecule has 3 rings (SSSR count). The molecule has 0 aliphatic carbocycles. The maximum Gasteiger partial charge on any atom is 0.170 e. The minimum absolute atomic E-state index is 0.598. The van der Waals surface area contributed by atoms with Crippen LogP contribution >= 0.6 is 11.3 Å². The quantitative estimate of drug-likeness (QED) is 0.736. The van der Waals surface area contributed by atoms with Crippen molar-refractivity contribution < 1.29 is 4.74 Å². The first kappa shape index (κ1) is 14.9. The Morgan fingerprint density at radius 1 is 1.14 bits per heavy atom. The molecule has 1 unspecified atom stereocenters. The van der Waals surface area contributed by atoms with E-state index >= 15 is 0 Å². The Bertz CT molecular complexity index is 762. The summed E-state index contributed by atoms with van der Waals surface area (Å²) in [6.07, 6.45) is 0. The van der Waals surface area contributed by atoms with Crippen molar-refractivity contribution in [2.24, 2.45) is 7.05 Å². The summed E-state index contributed by atoms with van der Waals surface area (Å²) in [5.74, 6) is 1.64. The number of hydrogen-bond acceptors (Lipinski definition) is 4. The van der Waals surface area contributed by atoms with Crippen LogP contribution in [0.5, 0.6) is 0 Å². The molecule has 3 aromatic rings. The van der Waals surface area contributed by atoms with Crippen LogP contribution < -0.4 is 0 Å². The van der Waals surface area contributed by atoms with Gasteiger partial charge in [-0.05, 0) is 25.3 Å². The first-order chi connectivity index (χ1) is 10.6. The lowest BCUT2D eigenvalue weighted by Gasteiger charge is -2.25. The normalized spacial score (nSPS) is 14.0. The predicted octanol–water partition coefficient (Wildman–Crippen LogP) is 3.76. The molecule has 2 aromatic heterocycles. The predicted molar refractivity (Wildman–Crippen MR) is 89.0 cm³/mol. The topological polar surface area (TPSA) is 39.9 Å². The van der Waals surface area contributed by atoms with E-state index in [1.807, 2.05) is 30.0 Å². The molecule has 0 radical (unpaired) electrons. The van der Waals surface area contributed by atoms with Gasteiger partial charge in [-0.15, -0.1) is 21.5 Å². The van der Waals surface area contributed by atoms with Crippen LogP contribution in [0.25, 0.3) is 11.4 Å². The summed E-state index contributed by atoms with van der Waals surface area (Å²) in [6, 6.07) is 12.4. The standard InChI is InChI=1S/C17H19N3OS/c1-12-7-9-13(10-8-12)15-18-19-16(20(15)3)17(2,21-4)14-6-5-11-22-14/h5-11H,1-4H3. The van der Waals surface area contributed by atoms with Crippen molar-refractivity contribution in [3.05, 3.63) is 58.0 Å². The van der Waals surface area contributed by atoms with Crippen LogP contribution in [0.2, 0.25) is 0 Å². The van der Waals surface area contributed by atoms with Crippen LogP contribution in [0.15, 0.2) is 41.8 Å². The number of benzene rings is 1. The summed E-state index contributed by atoms with van der Waals surface area (Å²) in [5.41, 5.74) is 1.68. The second-order valence-electron chi connectivity index (χ2n) is 5.49. The zero-order valence-corrected chi connectivity index (χ0v) is 14.0. The van der Waals surface area contributed by atoms with Gasteiger partial charge in [0.15, 0.2) is 17.2 Å². The lowest BCUT2D eigenvalue weighted by atomic mass is 10.0. The number of nitrogens with zero attached hydrogens (tertiary/aromatic N) is 3. The summed E-state index contributed by atoms with van der Waals surface area (Å²) in [5, 5.41) is 10.8. The number of hydrogen-bond donors (Lipinski definition) is 0. The Balaban J connectivity index is 2.08. The molecule has 1 aromatic carbocycles. The van der Waals surface area contributed by atoms with E-state index in [0.717, 1.165) is 22.1 Å². The number of thiophene rings is 1. The summed E-state index contributed by atoms with van der Waals surface area (Å²) in [7, 11) is 3.69. The average molecular weight is 313 g/mol. The Morgan fingerprint density at radius 3 is 2.45 bits per heavy atom. The van der Waals surface area contributed by atoms with Crippen molar-refractivity contribution in [1.29, 1.82) is 0 Å². The van der Waals surface area contributed by atoms with Gasteiger partial charge in [-0.25, -0.2) is 0 Å². The van der Waals surface area contributed by atoms with E-state index in [-0.39, 0.29) is 0 Å². The van der Waals surface area contributed by atoms with Crippen LogP contribution in [0, 0.1) is 6.92 Å². The molecule has 0 N–H and O–H groups in total. The fraction of sp³-hybridized carbons (Fsp3) is 0.294. The summed E-state index contributed by atoms with van der Waals surface area (Å²) < 4.78 is 7.81. The Hall–Kier alpha value is -1.98. The van der Waals surface area contributed by atoms with E-state index in [9.17, 15) is 0 Å². The molecule has 0 aliphatic rings. The van der Waals surface area contributed by atoms with Gasteiger partial charge >= 0.3 is 0 Å². The third kappa shape index (κ3) is 2.36. The highest BCUT2D eigenvalue weighted by Crippen LogP contribution is 2.35. The monoisotopic (exact) mass is 313 g/mol. The first-order valence-electron chi connectivity index (χ1n) is 7.12. The Labute approximate surface area is 134 Å². The highest BCUT2D eigenvalue weighted by Gasteiger charge is 2.35. The van der Waals surface area contributed by atoms with Crippen molar-refractivity contribution >= 4 is 11.3 Å². The molecule has 0 saturated carbocycles. The minimum atomic E-state index is -0.598. The second-order valence-corrected chi connectivity index (χ2v) is 6.43. The van der Waals surface area contributed by atoms with Gasteiger partial charge in [0.2, 0.25) is 0 Å². The molecule has 114 valence electrons. The molecule has 0 saturated heterocycles. The Kier molecular flexibility index (Phi) is 3.85. The number of rotatable bonds is 4. The maximum absolute atomic E-state index is 5.80. The third-order valence-corrected chi connectivity index (χ3v) is 5.08. The zero-order chi connectivity index (χ0) is 15.7. The molecule has 0 bridgehead atoms. The molecular formula is C17H19N3OS. The molecule has 0 spiro atoms. The molecule has 0 aliphatic heterocycles. The van der Waals surface area contributed by atoms with Crippen molar-refractivity contribution in [1.82, 2.24) is 14.8 Å². The van der Waals surface area contributed by atoms with Crippen molar-refractivity contribution in [2.75, 3.05) is 7.11 Å². The van der Waals surface area contributed by atoms with E-state index in [4.69, 9.17) is 4.74 Å². The van der Waals surface area contributed by atoms with Crippen LogP contribution in [0.3, 0.4) is 0 Å². The van der Waals surface area contributed by atoms with Gasteiger partial charge in [0.1, 0.15) is 0 Å². The van der Waals surface area contributed by atoms with E-state index in [2.05, 4.69) is 47.5 Å². The van der Waals surface area contributed by atoms with Crippen LogP contribution in [-0.2, 0) is 17.4 Å². The lowest BCUT2D eigenvalue weighted by molar-refractivity contribution is 0.0320. The highest BCUT2D eigenvalue weighted by atomic mass is 32.1. The van der Waals surface area contributed by atoms with Gasteiger partial charge in [0, 0.05) is 24.6 Å². The van der Waals surface area contributed by atoms with Crippen LogP contribution in [-0.4, -0.2) is 21.9 Å². The summed E-state index contributed by atoms with van der Waals surface area (Å²) in [4.78, 5) is 1.11. The number of methoxy groups -OCH3 is 1. The molecule has 2 heterocycles. The van der Waals surface area contributed by atoms with Crippen molar-refractivity contribution in [3.8, 4) is 11.4 Å². The number of aromatic nitrogens is 3. The largest absolute Gasteiger partial charge is 0.365 e.